The van der Waals surface area contributed by atoms with Gasteiger partial charge in [-0.25, -0.2) is 9.97 Å². The van der Waals surface area contributed by atoms with Crippen molar-refractivity contribution in [2.24, 2.45) is 5.73 Å². The van der Waals surface area contributed by atoms with Gasteiger partial charge in [-0.15, -0.1) is 0 Å². The molecule has 13 heavy (non-hydrogen) atoms. The first-order valence-electron chi connectivity index (χ1n) is 4.37. The molecule has 0 aromatic carbocycles. The fraction of sp³-hybridized carbons (Fsp3) is 0.556. The zero-order valence-corrected chi connectivity index (χ0v) is 9.45. The van der Waals surface area contributed by atoms with Crippen LogP contribution in [0.15, 0.2) is 17.0 Å². The van der Waals surface area contributed by atoms with E-state index >= 15 is 0 Å². The predicted molar refractivity (Wildman–Crippen MR) is 56.4 cm³/mol. The van der Waals surface area contributed by atoms with Gasteiger partial charge < -0.3 is 5.73 Å². The second kappa shape index (κ2) is 4.67. The number of rotatable bonds is 3. The largest absolute Gasteiger partial charge is 0.327 e. The van der Waals surface area contributed by atoms with E-state index in [1.54, 1.807) is 12.5 Å². The van der Waals surface area contributed by atoms with E-state index in [1.807, 2.05) is 0 Å². The average Bonchev–Trinajstić information content (AvgIpc) is 2.16. The van der Waals surface area contributed by atoms with Crippen molar-refractivity contribution < 1.29 is 0 Å². The van der Waals surface area contributed by atoms with Crippen molar-refractivity contribution in [2.75, 3.05) is 0 Å². The van der Waals surface area contributed by atoms with Gasteiger partial charge in [-0.1, -0.05) is 13.8 Å². The highest BCUT2D eigenvalue weighted by Crippen LogP contribution is 2.24. The summed E-state index contributed by atoms with van der Waals surface area (Å²) >= 11 is 3.41. The van der Waals surface area contributed by atoms with Gasteiger partial charge in [0.25, 0.3) is 0 Å². The Kier molecular flexibility index (Phi) is 3.81. The van der Waals surface area contributed by atoms with Crippen LogP contribution in [-0.2, 0) is 0 Å². The lowest BCUT2D eigenvalue weighted by Crippen LogP contribution is -2.26. The van der Waals surface area contributed by atoms with E-state index in [1.165, 1.54) is 0 Å². The zero-order valence-electron chi connectivity index (χ0n) is 7.87. The van der Waals surface area contributed by atoms with E-state index in [9.17, 15) is 0 Å². The second-order valence-electron chi connectivity index (χ2n) is 3.12. The molecule has 0 saturated heterocycles. The van der Waals surface area contributed by atoms with E-state index in [-0.39, 0.29) is 12.0 Å². The molecule has 2 unspecified atom stereocenters. The zero-order chi connectivity index (χ0) is 9.84. The molecular weight excluding hydrogens is 230 g/mol. The van der Waals surface area contributed by atoms with Crippen LogP contribution < -0.4 is 5.73 Å². The molecule has 3 nitrogen and oxygen atoms in total. The maximum absolute atomic E-state index is 5.94. The lowest BCUT2D eigenvalue weighted by atomic mass is 9.97. The minimum atomic E-state index is 0.159. The van der Waals surface area contributed by atoms with Crippen molar-refractivity contribution in [3.8, 4) is 0 Å². The molecule has 0 fully saturated rings. The van der Waals surface area contributed by atoms with Crippen LogP contribution in [0.1, 0.15) is 31.9 Å². The van der Waals surface area contributed by atoms with Gasteiger partial charge in [0.1, 0.15) is 6.33 Å². The van der Waals surface area contributed by atoms with Crippen molar-refractivity contribution in [1.82, 2.24) is 9.97 Å². The molecule has 1 heterocycles. The molecule has 0 aliphatic carbocycles. The van der Waals surface area contributed by atoms with Gasteiger partial charge in [0.05, 0.1) is 10.2 Å². The molecule has 0 aliphatic rings. The highest BCUT2D eigenvalue weighted by atomic mass is 79.9. The Morgan fingerprint density at radius 3 is 2.85 bits per heavy atom. The van der Waals surface area contributed by atoms with Crippen LogP contribution in [0, 0.1) is 0 Å². The molecule has 0 aliphatic heterocycles. The topological polar surface area (TPSA) is 51.8 Å². The Bertz CT molecular complexity index is 277. The van der Waals surface area contributed by atoms with Crippen LogP contribution in [0.3, 0.4) is 0 Å². The summed E-state index contributed by atoms with van der Waals surface area (Å²) in [4.78, 5) is 8.12. The Morgan fingerprint density at radius 1 is 1.62 bits per heavy atom. The number of nitrogens with zero attached hydrogens (tertiary/aromatic N) is 2. The predicted octanol–water partition coefficient (Wildman–Crippen LogP) is 2.08. The fourth-order valence-corrected chi connectivity index (χ4v) is 1.80. The lowest BCUT2D eigenvalue weighted by molar-refractivity contribution is 0.538. The van der Waals surface area contributed by atoms with Crippen molar-refractivity contribution >= 4 is 15.9 Å². The highest BCUT2D eigenvalue weighted by molar-refractivity contribution is 9.10. The molecule has 2 atom stereocenters. The smallest absolute Gasteiger partial charge is 0.115 e. The summed E-state index contributed by atoms with van der Waals surface area (Å²) in [6.07, 6.45) is 4.26. The minimum Gasteiger partial charge on any atom is -0.327 e. The van der Waals surface area contributed by atoms with E-state index in [4.69, 9.17) is 5.73 Å². The van der Waals surface area contributed by atoms with Gasteiger partial charge in [0, 0.05) is 18.2 Å². The average molecular weight is 244 g/mol. The SMILES string of the molecule is CCC(N)C(C)c1ncncc1Br. The standard InChI is InChI=1S/C9H14BrN3/c1-3-8(11)6(2)9-7(10)4-12-5-13-9/h4-6,8H,3,11H2,1-2H3. The molecule has 1 aromatic rings. The van der Waals surface area contributed by atoms with Gasteiger partial charge in [-0.2, -0.15) is 0 Å². The van der Waals surface area contributed by atoms with Crippen LogP contribution in [0.2, 0.25) is 0 Å². The number of nitrogens with two attached hydrogens (primary N) is 1. The third kappa shape index (κ3) is 2.48. The van der Waals surface area contributed by atoms with E-state index < -0.39 is 0 Å². The molecule has 0 spiro atoms. The van der Waals surface area contributed by atoms with Gasteiger partial charge in [-0.3, -0.25) is 0 Å². The van der Waals surface area contributed by atoms with Crippen LogP contribution in [-0.4, -0.2) is 16.0 Å². The second-order valence-corrected chi connectivity index (χ2v) is 3.97. The Labute approximate surface area is 86.9 Å². The number of hydrogen-bond donors (Lipinski definition) is 1. The van der Waals surface area contributed by atoms with Gasteiger partial charge >= 0.3 is 0 Å². The van der Waals surface area contributed by atoms with Crippen molar-refractivity contribution in [3.63, 3.8) is 0 Å². The molecule has 0 amide bonds. The lowest BCUT2D eigenvalue weighted by Gasteiger charge is -2.18. The van der Waals surface area contributed by atoms with Crippen molar-refractivity contribution in [2.45, 2.75) is 32.2 Å². The van der Waals surface area contributed by atoms with Crippen LogP contribution in [0.25, 0.3) is 0 Å². The number of aromatic nitrogens is 2. The van der Waals surface area contributed by atoms with E-state index in [0.717, 1.165) is 16.6 Å². The third-order valence-corrected chi connectivity index (χ3v) is 2.85. The Morgan fingerprint density at radius 2 is 2.31 bits per heavy atom. The summed E-state index contributed by atoms with van der Waals surface area (Å²) in [5.41, 5.74) is 6.93. The summed E-state index contributed by atoms with van der Waals surface area (Å²) in [7, 11) is 0. The molecule has 1 aromatic heterocycles. The first-order chi connectivity index (χ1) is 6.16. The molecule has 72 valence electrons. The number of halogens is 1. The summed E-state index contributed by atoms with van der Waals surface area (Å²) in [6.45, 7) is 4.16. The Hall–Kier alpha value is -0.480. The first kappa shape index (κ1) is 10.6. The van der Waals surface area contributed by atoms with Gasteiger partial charge in [0.15, 0.2) is 0 Å². The van der Waals surface area contributed by atoms with Crippen LogP contribution in [0.5, 0.6) is 0 Å². The van der Waals surface area contributed by atoms with Gasteiger partial charge in [0.2, 0.25) is 0 Å². The molecule has 0 radical (unpaired) electrons. The maximum atomic E-state index is 5.94. The van der Waals surface area contributed by atoms with Crippen LogP contribution >= 0.6 is 15.9 Å². The van der Waals surface area contributed by atoms with Crippen molar-refractivity contribution in [3.05, 3.63) is 22.7 Å². The quantitative estimate of drug-likeness (QED) is 0.885. The molecule has 0 bridgehead atoms. The Balaban J connectivity index is 2.88. The first-order valence-corrected chi connectivity index (χ1v) is 5.17. The highest BCUT2D eigenvalue weighted by Gasteiger charge is 2.16. The third-order valence-electron chi connectivity index (χ3n) is 2.24. The fourth-order valence-electron chi connectivity index (χ4n) is 1.21. The molecule has 2 N–H and O–H groups in total. The molecule has 0 saturated carbocycles. The summed E-state index contributed by atoms with van der Waals surface area (Å²) in [6, 6.07) is 0.159. The van der Waals surface area contributed by atoms with Gasteiger partial charge in [-0.05, 0) is 22.4 Å². The summed E-state index contributed by atoms with van der Waals surface area (Å²) < 4.78 is 0.936. The number of hydrogen-bond acceptors (Lipinski definition) is 3. The molecule has 1 rings (SSSR count). The maximum Gasteiger partial charge on any atom is 0.115 e. The summed E-state index contributed by atoms with van der Waals surface area (Å²) in [5, 5.41) is 0. The van der Waals surface area contributed by atoms with E-state index in [2.05, 4.69) is 39.7 Å². The monoisotopic (exact) mass is 243 g/mol. The van der Waals surface area contributed by atoms with Crippen LogP contribution in [0.4, 0.5) is 0 Å². The van der Waals surface area contributed by atoms with E-state index in [0.29, 0.717) is 0 Å². The molecule has 4 heteroatoms. The molecular formula is C9H14BrN3. The normalized spacial score (nSPS) is 15.4. The summed E-state index contributed by atoms with van der Waals surface area (Å²) in [5.74, 6) is 0.266. The minimum absolute atomic E-state index is 0.159. The van der Waals surface area contributed by atoms with Crippen molar-refractivity contribution in [1.29, 1.82) is 0 Å².